The lowest BCUT2D eigenvalue weighted by Gasteiger charge is -2.41. The van der Waals surface area contributed by atoms with Gasteiger partial charge in [-0.25, -0.2) is 8.93 Å². The number of benzene rings is 2. The van der Waals surface area contributed by atoms with Crippen LogP contribution >= 0.6 is 0 Å². The van der Waals surface area contributed by atoms with E-state index < -0.39 is 11.0 Å². The van der Waals surface area contributed by atoms with Crippen LogP contribution in [-0.4, -0.2) is 14.5 Å². The lowest BCUT2D eigenvalue weighted by atomic mass is 9.77. The molecule has 0 radical (unpaired) electrons. The fraction of sp³-hybridized carbons (Fsp3) is 0.481. The Morgan fingerprint density at radius 2 is 1.77 bits per heavy atom. The summed E-state index contributed by atoms with van der Waals surface area (Å²) in [5.41, 5.74) is 3.82. The maximum Gasteiger partial charge on any atom is 0.120 e. The van der Waals surface area contributed by atoms with Gasteiger partial charge < -0.3 is 4.74 Å². The SMILES string of the molecule is C=CC[C@@]1(NS(=O)C(C)(C)C)C2CCC1Cc1cc(OCc3ccccc3)ccc1C2. The number of nitrogens with one attached hydrogen (secondary N) is 1. The summed E-state index contributed by atoms with van der Waals surface area (Å²) in [5, 5.41) is 0. The molecule has 2 aliphatic carbocycles. The van der Waals surface area contributed by atoms with E-state index in [4.69, 9.17) is 4.74 Å². The fourth-order valence-electron chi connectivity index (χ4n) is 5.28. The van der Waals surface area contributed by atoms with Gasteiger partial charge in [0.2, 0.25) is 0 Å². The Morgan fingerprint density at radius 3 is 2.42 bits per heavy atom. The van der Waals surface area contributed by atoms with Gasteiger partial charge in [-0.1, -0.05) is 42.5 Å². The average Bonchev–Trinajstić information content (AvgIpc) is 2.97. The van der Waals surface area contributed by atoms with Crippen molar-refractivity contribution in [1.82, 2.24) is 4.72 Å². The summed E-state index contributed by atoms with van der Waals surface area (Å²) in [6, 6.07) is 16.9. The van der Waals surface area contributed by atoms with Gasteiger partial charge in [-0.15, -0.1) is 6.58 Å². The van der Waals surface area contributed by atoms with E-state index in [1.165, 1.54) is 29.5 Å². The van der Waals surface area contributed by atoms with E-state index in [9.17, 15) is 4.21 Å². The molecule has 0 amide bonds. The van der Waals surface area contributed by atoms with Crippen molar-refractivity contribution in [3.63, 3.8) is 0 Å². The summed E-state index contributed by atoms with van der Waals surface area (Å²) in [6.07, 6.45) is 7.24. The van der Waals surface area contributed by atoms with Crippen molar-refractivity contribution >= 4 is 11.0 Å². The first-order chi connectivity index (χ1) is 14.8. The first-order valence-corrected chi connectivity index (χ1v) is 12.6. The van der Waals surface area contributed by atoms with Crippen molar-refractivity contribution in [3.05, 3.63) is 77.9 Å². The molecule has 2 aromatic rings. The quantitative estimate of drug-likeness (QED) is 0.560. The number of hydrogen-bond acceptors (Lipinski definition) is 2. The predicted molar refractivity (Wildman–Crippen MR) is 129 cm³/mol. The molecule has 0 spiro atoms. The molecule has 2 bridgehead atoms. The standard InChI is InChI=1S/C27H35NO2S/c1-5-15-27(28-31(29)26(2,3)4)23-12-13-24(27)17-22-18-25(14-11-21(22)16-23)30-19-20-9-7-6-8-10-20/h5-11,14,18,23-24,28H,1,12-13,15-17,19H2,2-4H3/t23?,24?,27-,31?/m1/s1. The van der Waals surface area contributed by atoms with Crippen molar-refractivity contribution in [2.24, 2.45) is 11.8 Å². The minimum atomic E-state index is -1.10. The number of fused-ring (bicyclic) bond motifs is 3. The highest BCUT2D eigenvalue weighted by Gasteiger charge is 2.52. The maximum atomic E-state index is 13.1. The first kappa shape index (κ1) is 22.3. The van der Waals surface area contributed by atoms with Crippen LogP contribution in [-0.2, 0) is 30.4 Å². The van der Waals surface area contributed by atoms with E-state index >= 15 is 0 Å². The van der Waals surface area contributed by atoms with Crippen molar-refractivity contribution in [3.8, 4) is 5.75 Å². The second kappa shape index (κ2) is 8.91. The molecule has 1 N–H and O–H groups in total. The van der Waals surface area contributed by atoms with Crippen LogP contribution in [0.25, 0.3) is 0 Å². The van der Waals surface area contributed by atoms with Crippen LogP contribution < -0.4 is 9.46 Å². The van der Waals surface area contributed by atoms with Gasteiger partial charge in [0.25, 0.3) is 0 Å². The summed E-state index contributed by atoms with van der Waals surface area (Å²) in [6.45, 7) is 10.8. The molecule has 0 heterocycles. The van der Waals surface area contributed by atoms with Gasteiger partial charge in [-0.2, -0.15) is 0 Å². The lowest BCUT2D eigenvalue weighted by Crippen LogP contribution is -2.56. The minimum absolute atomic E-state index is 0.149. The van der Waals surface area contributed by atoms with Gasteiger partial charge in [0, 0.05) is 5.54 Å². The number of rotatable bonds is 7. The molecule has 3 unspecified atom stereocenters. The van der Waals surface area contributed by atoms with Crippen LogP contribution in [0.15, 0.2) is 61.2 Å². The molecule has 31 heavy (non-hydrogen) atoms. The fourth-order valence-corrected chi connectivity index (χ4v) is 6.35. The molecule has 2 aliphatic rings. The third-order valence-electron chi connectivity index (χ3n) is 7.00. The van der Waals surface area contributed by atoms with Gasteiger partial charge in [0.15, 0.2) is 0 Å². The second-order valence-electron chi connectivity index (χ2n) is 10.1. The van der Waals surface area contributed by atoms with E-state index in [1.807, 2.05) is 45.0 Å². The van der Waals surface area contributed by atoms with Crippen LogP contribution in [0.5, 0.6) is 5.75 Å². The molecular weight excluding hydrogens is 402 g/mol. The van der Waals surface area contributed by atoms with Gasteiger partial charge in [-0.05, 0) is 93.5 Å². The predicted octanol–water partition coefficient (Wildman–Crippen LogP) is 5.76. The van der Waals surface area contributed by atoms with E-state index in [0.717, 1.165) is 25.0 Å². The molecule has 0 aliphatic heterocycles. The van der Waals surface area contributed by atoms with Crippen molar-refractivity contribution in [2.45, 2.75) is 69.8 Å². The maximum absolute atomic E-state index is 13.1. The van der Waals surface area contributed by atoms with E-state index in [2.05, 4.69) is 41.6 Å². The molecule has 4 heteroatoms. The Bertz CT molecular complexity index is 949. The summed E-state index contributed by atoms with van der Waals surface area (Å²) in [5.74, 6) is 1.85. The van der Waals surface area contributed by atoms with Gasteiger partial charge in [0.1, 0.15) is 12.4 Å². The zero-order valence-corrected chi connectivity index (χ0v) is 19.8. The highest BCUT2D eigenvalue weighted by Crippen LogP contribution is 2.50. The first-order valence-electron chi connectivity index (χ1n) is 11.4. The monoisotopic (exact) mass is 437 g/mol. The molecule has 0 saturated heterocycles. The Balaban J connectivity index is 1.57. The van der Waals surface area contributed by atoms with Crippen LogP contribution in [0.4, 0.5) is 0 Å². The second-order valence-corrected chi connectivity index (χ2v) is 12.1. The van der Waals surface area contributed by atoms with Crippen LogP contribution in [0.3, 0.4) is 0 Å². The summed E-state index contributed by atoms with van der Waals surface area (Å²) in [7, 11) is -1.10. The average molecular weight is 438 g/mol. The molecule has 0 aromatic heterocycles. The third-order valence-corrected chi connectivity index (χ3v) is 8.68. The van der Waals surface area contributed by atoms with Crippen molar-refractivity contribution in [1.29, 1.82) is 0 Å². The highest BCUT2D eigenvalue weighted by atomic mass is 32.2. The molecule has 3 nitrogen and oxygen atoms in total. The molecule has 1 saturated carbocycles. The summed E-state index contributed by atoms with van der Waals surface area (Å²) in [4.78, 5) is 0. The topological polar surface area (TPSA) is 38.3 Å². The van der Waals surface area contributed by atoms with Crippen molar-refractivity contribution in [2.75, 3.05) is 0 Å². The molecule has 4 atom stereocenters. The summed E-state index contributed by atoms with van der Waals surface area (Å²) >= 11 is 0. The minimum Gasteiger partial charge on any atom is -0.489 e. The largest absolute Gasteiger partial charge is 0.489 e. The summed E-state index contributed by atoms with van der Waals surface area (Å²) < 4.78 is 22.6. The number of ether oxygens (including phenoxy) is 1. The molecule has 4 rings (SSSR count). The highest BCUT2D eigenvalue weighted by molar-refractivity contribution is 7.84. The van der Waals surface area contributed by atoms with E-state index in [0.29, 0.717) is 18.4 Å². The molecule has 1 fully saturated rings. The lowest BCUT2D eigenvalue weighted by molar-refractivity contribution is 0.228. The van der Waals surface area contributed by atoms with E-state index in [-0.39, 0.29) is 10.3 Å². The van der Waals surface area contributed by atoms with Gasteiger partial charge >= 0.3 is 0 Å². The number of hydrogen-bond donors (Lipinski definition) is 1. The normalized spacial score (nSPS) is 26.0. The molecule has 166 valence electrons. The van der Waals surface area contributed by atoms with Gasteiger partial charge in [0.05, 0.1) is 15.7 Å². The zero-order valence-electron chi connectivity index (χ0n) is 19.0. The Morgan fingerprint density at radius 1 is 1.10 bits per heavy atom. The van der Waals surface area contributed by atoms with Crippen LogP contribution in [0.1, 0.15) is 56.7 Å². The smallest absolute Gasteiger partial charge is 0.120 e. The van der Waals surface area contributed by atoms with Crippen LogP contribution in [0, 0.1) is 11.8 Å². The zero-order chi connectivity index (χ0) is 22.1. The Kier molecular flexibility index (Phi) is 6.41. The molecule has 2 aromatic carbocycles. The third kappa shape index (κ3) is 4.65. The Labute approximate surface area is 189 Å². The van der Waals surface area contributed by atoms with E-state index in [1.54, 1.807) is 0 Å². The van der Waals surface area contributed by atoms with Crippen LogP contribution in [0.2, 0.25) is 0 Å². The van der Waals surface area contributed by atoms with Gasteiger partial charge in [-0.3, -0.25) is 0 Å². The van der Waals surface area contributed by atoms with Crippen molar-refractivity contribution < 1.29 is 8.95 Å². The molecular formula is C27H35NO2S. The Hall–Kier alpha value is -1.91.